The number of rotatable bonds is 9. The van der Waals surface area contributed by atoms with Crippen molar-refractivity contribution in [3.8, 4) is 17.2 Å². The van der Waals surface area contributed by atoms with Crippen molar-refractivity contribution in [2.75, 3.05) is 28.4 Å². The van der Waals surface area contributed by atoms with Gasteiger partial charge in [0, 0.05) is 20.0 Å². The number of ether oxygens (including phenoxy) is 4. The van der Waals surface area contributed by atoms with Crippen LogP contribution in [0.2, 0.25) is 0 Å². The molecule has 0 saturated carbocycles. The largest absolute Gasteiger partial charge is 1.00 e. The minimum atomic E-state index is -5.34. The van der Waals surface area contributed by atoms with Crippen LogP contribution in [0.4, 0.5) is 4.39 Å². The number of alkyl halides is 1. The summed E-state index contributed by atoms with van der Waals surface area (Å²) < 4.78 is 51.3. The van der Waals surface area contributed by atoms with E-state index in [2.05, 4.69) is 4.52 Å². The number of phosphoric ester groups is 1. The third kappa shape index (κ3) is 8.62. The molecule has 0 saturated heterocycles. The van der Waals surface area contributed by atoms with E-state index in [1.165, 1.54) is 40.6 Å². The molecule has 2 unspecified atom stereocenters. The van der Waals surface area contributed by atoms with E-state index in [-0.39, 0.29) is 121 Å². The maximum absolute atomic E-state index is 15.0. The van der Waals surface area contributed by atoms with Crippen LogP contribution in [-0.4, -0.2) is 40.4 Å². The van der Waals surface area contributed by atoms with Crippen molar-refractivity contribution in [1.82, 2.24) is 0 Å². The van der Waals surface area contributed by atoms with Crippen LogP contribution in [-0.2, 0) is 20.2 Å². The molecule has 0 fully saturated rings. The third-order valence-corrected chi connectivity index (χ3v) is 4.74. The van der Waals surface area contributed by atoms with Gasteiger partial charge < -0.3 is 37.8 Å². The second kappa shape index (κ2) is 13.9. The fourth-order valence-electron chi connectivity index (χ4n) is 2.93. The molecule has 30 heavy (non-hydrogen) atoms. The molecule has 0 aliphatic heterocycles. The van der Waals surface area contributed by atoms with Gasteiger partial charge in [0.25, 0.3) is 0 Å². The first kappa shape index (κ1) is 31.4. The van der Waals surface area contributed by atoms with Crippen LogP contribution < -0.4 is 127 Å². The summed E-state index contributed by atoms with van der Waals surface area (Å²) in [6.07, 6.45) is 2.49. The minimum absolute atomic E-state index is 0. The van der Waals surface area contributed by atoms with Gasteiger partial charge in [-0.3, -0.25) is 0 Å². The van der Waals surface area contributed by atoms with Crippen molar-refractivity contribution >= 4 is 7.82 Å². The number of allylic oxidation sites excluding steroid dienone is 2. The Morgan fingerprint density at radius 1 is 1.10 bits per heavy atom. The van der Waals surface area contributed by atoms with Gasteiger partial charge >= 0.3 is 103 Å². The topological polar surface area (TPSA) is 109 Å². The van der Waals surface area contributed by atoms with Crippen LogP contribution in [0.15, 0.2) is 35.9 Å². The summed E-state index contributed by atoms with van der Waals surface area (Å²) in [5.74, 6) is -0.715. The van der Waals surface area contributed by atoms with Crippen molar-refractivity contribution in [2.24, 2.45) is 0 Å². The average Bonchev–Trinajstić information content (AvgIpc) is 2.65. The van der Waals surface area contributed by atoms with Crippen LogP contribution in [0.3, 0.4) is 0 Å². The molecule has 0 bridgehead atoms. The number of hydrogen-bond acceptors (Lipinski definition) is 8. The van der Waals surface area contributed by atoms with Crippen LogP contribution in [0, 0.1) is 0 Å². The average molecular weight is 495 g/mol. The number of hydrogen-bond donors (Lipinski definition) is 0. The number of phosphoric acid groups is 1. The van der Waals surface area contributed by atoms with Crippen LogP contribution in [0.5, 0.6) is 17.2 Å². The zero-order valence-electron chi connectivity index (χ0n) is 18.0. The molecule has 0 spiro atoms. The second-order valence-electron chi connectivity index (χ2n) is 6.01. The van der Waals surface area contributed by atoms with E-state index in [0.29, 0.717) is 22.8 Å². The quantitative estimate of drug-likeness (QED) is 0.193. The first-order valence-electron chi connectivity index (χ1n) is 8.27. The summed E-state index contributed by atoms with van der Waals surface area (Å²) in [5, 5.41) is 0. The molecular weight excluding hydrogens is 472 g/mol. The molecule has 0 heterocycles. The third-order valence-electron chi connectivity index (χ3n) is 4.21. The molecule has 0 aromatic heterocycles. The molecule has 1 aliphatic rings. The maximum atomic E-state index is 15.0. The molecule has 8 nitrogen and oxygen atoms in total. The fourth-order valence-corrected chi connectivity index (χ4v) is 3.51. The van der Waals surface area contributed by atoms with Crippen molar-refractivity contribution < 1.29 is 145 Å². The second-order valence-corrected chi connectivity index (χ2v) is 7.09. The van der Waals surface area contributed by atoms with Gasteiger partial charge in [-0.25, -0.2) is 4.39 Å². The van der Waals surface area contributed by atoms with Crippen LogP contribution in [0.25, 0.3) is 0 Å². The van der Waals surface area contributed by atoms with Gasteiger partial charge in [0.05, 0.1) is 29.2 Å². The Bertz CT molecular complexity index is 788. The number of benzene rings is 1. The molecular formula is C18H22FK2O8P. The zero-order valence-corrected chi connectivity index (χ0v) is 25.1. The molecule has 0 N–H and O–H groups in total. The molecule has 0 radical (unpaired) electrons. The Morgan fingerprint density at radius 3 is 2.10 bits per heavy atom. The fraction of sp³-hybridized carbons (Fsp3) is 0.444. The van der Waals surface area contributed by atoms with Crippen molar-refractivity contribution in [1.29, 1.82) is 0 Å². The van der Waals surface area contributed by atoms with Gasteiger partial charge in [0.1, 0.15) is 6.17 Å². The number of methoxy groups -OCH3 is 4. The van der Waals surface area contributed by atoms with E-state index in [1.807, 2.05) is 0 Å². The van der Waals surface area contributed by atoms with E-state index in [9.17, 15) is 18.7 Å². The Labute approximate surface area is 260 Å². The summed E-state index contributed by atoms with van der Waals surface area (Å²) in [6, 6.07) is 3.23. The van der Waals surface area contributed by atoms with Crippen molar-refractivity contribution in [3.05, 3.63) is 41.5 Å². The first-order chi connectivity index (χ1) is 13.2. The van der Waals surface area contributed by atoms with Gasteiger partial charge in [0.2, 0.25) is 5.75 Å². The molecule has 1 aromatic rings. The predicted octanol–water partition coefficient (Wildman–Crippen LogP) is -4.32. The molecule has 156 valence electrons. The Morgan fingerprint density at radius 2 is 1.67 bits per heavy atom. The Hall–Kier alpha value is 1.37. The summed E-state index contributed by atoms with van der Waals surface area (Å²) in [5.41, 5.74) is 0.680. The Balaban J connectivity index is 0.00000420. The molecule has 0 amide bonds. The van der Waals surface area contributed by atoms with E-state index in [0.717, 1.165) is 6.08 Å². The minimum Gasteiger partial charge on any atom is -0.790 e. The molecule has 12 heteroatoms. The van der Waals surface area contributed by atoms with E-state index >= 15 is 0 Å². The Kier molecular flexibility index (Phi) is 14.6. The van der Waals surface area contributed by atoms with Gasteiger partial charge in [0.15, 0.2) is 17.3 Å². The van der Waals surface area contributed by atoms with Gasteiger partial charge in [-0.05, 0) is 29.3 Å². The first-order valence-corrected chi connectivity index (χ1v) is 9.73. The van der Waals surface area contributed by atoms with Crippen molar-refractivity contribution in [2.45, 2.75) is 24.8 Å². The monoisotopic (exact) mass is 494 g/mol. The molecule has 1 aromatic carbocycles. The molecule has 2 rings (SSSR count). The predicted molar refractivity (Wildman–Crippen MR) is 95.0 cm³/mol. The summed E-state index contributed by atoms with van der Waals surface area (Å²) in [6.45, 7) is 0. The number of halogens is 1. The van der Waals surface area contributed by atoms with Gasteiger partial charge in [-0.1, -0.05) is 12.2 Å². The van der Waals surface area contributed by atoms with Crippen LogP contribution in [0.1, 0.15) is 12.0 Å². The van der Waals surface area contributed by atoms with Crippen molar-refractivity contribution in [3.63, 3.8) is 0 Å². The van der Waals surface area contributed by atoms with Gasteiger partial charge in [-0.15, -0.1) is 0 Å². The van der Waals surface area contributed by atoms with Crippen LogP contribution >= 0.6 is 7.82 Å². The van der Waals surface area contributed by atoms with E-state index in [4.69, 9.17) is 18.9 Å². The zero-order chi connectivity index (χ0) is 20.9. The van der Waals surface area contributed by atoms with E-state index in [1.54, 1.807) is 12.1 Å². The standard InChI is InChI=1S/C18H24FO8P.2K/c1-23-15-9-12(10-16(24-2)17(15)25-3)8-14(19)13-6-5-7-18(11-13,26-4)27-28(20,21)22;;/h5-6,9-11,14H,7-8H2,1-4H3,(H2,20,21,22);;/q;2*+1/p-2. The summed E-state index contributed by atoms with van der Waals surface area (Å²) in [7, 11) is 0.203. The maximum Gasteiger partial charge on any atom is 1.00 e. The smallest absolute Gasteiger partial charge is 0.790 e. The SMILES string of the molecule is COc1cc(CC(F)C2=CC(OC)(OP(=O)([O-])[O-])CC=C2)cc(OC)c1OC.[K+].[K+]. The summed E-state index contributed by atoms with van der Waals surface area (Å²) in [4.78, 5) is 22.0. The van der Waals surface area contributed by atoms with Gasteiger partial charge in [-0.2, -0.15) is 0 Å². The molecule has 2 atom stereocenters. The van der Waals surface area contributed by atoms with E-state index < -0.39 is 19.8 Å². The normalized spacial score (nSPS) is 19.1. The summed E-state index contributed by atoms with van der Waals surface area (Å²) >= 11 is 0. The molecule has 1 aliphatic carbocycles.